The van der Waals surface area contributed by atoms with Gasteiger partial charge in [-0.3, -0.25) is 4.98 Å². The normalized spacial score (nSPS) is 10.7. The van der Waals surface area contributed by atoms with Crippen LogP contribution in [0.5, 0.6) is 0 Å². The summed E-state index contributed by atoms with van der Waals surface area (Å²) in [6.45, 7) is 2.04. The van der Waals surface area contributed by atoms with E-state index in [1.54, 1.807) is 18.5 Å². The maximum atomic E-state index is 11.6. The van der Waals surface area contributed by atoms with Crippen molar-refractivity contribution >= 4 is 16.9 Å². The molecule has 2 heterocycles. The molecule has 0 aliphatic heterocycles. The van der Waals surface area contributed by atoms with E-state index in [0.29, 0.717) is 16.6 Å². The lowest BCUT2D eigenvalue weighted by Crippen LogP contribution is -2.01. The fraction of sp³-hybridized carbons (Fsp3) is 0.118. The van der Waals surface area contributed by atoms with E-state index >= 15 is 0 Å². The van der Waals surface area contributed by atoms with E-state index in [-0.39, 0.29) is 5.56 Å². The summed E-state index contributed by atoms with van der Waals surface area (Å²) in [6.07, 6.45) is 4.22. The maximum Gasteiger partial charge on any atom is 0.336 e. The molecule has 3 aromatic rings. The maximum absolute atomic E-state index is 11.6. The summed E-state index contributed by atoms with van der Waals surface area (Å²) in [7, 11) is 0. The van der Waals surface area contributed by atoms with Gasteiger partial charge in [-0.25, -0.2) is 9.78 Å². The van der Waals surface area contributed by atoms with Crippen LogP contribution in [0.15, 0.2) is 48.8 Å². The van der Waals surface area contributed by atoms with Crippen molar-refractivity contribution in [3.05, 3.63) is 59.9 Å². The largest absolute Gasteiger partial charge is 0.478 e. The van der Waals surface area contributed by atoms with Crippen LogP contribution >= 0.6 is 0 Å². The number of rotatable bonds is 3. The third-order valence-corrected chi connectivity index (χ3v) is 3.47. The van der Waals surface area contributed by atoms with E-state index in [1.807, 2.05) is 37.3 Å². The zero-order valence-corrected chi connectivity index (χ0v) is 11.6. The molecule has 0 amide bonds. The van der Waals surface area contributed by atoms with Gasteiger partial charge in [0.2, 0.25) is 0 Å². The first-order valence-electron chi connectivity index (χ1n) is 6.76. The third-order valence-electron chi connectivity index (χ3n) is 3.47. The smallest absolute Gasteiger partial charge is 0.336 e. The van der Waals surface area contributed by atoms with Crippen molar-refractivity contribution in [3.63, 3.8) is 0 Å². The lowest BCUT2D eigenvalue weighted by molar-refractivity contribution is 0.0699. The highest BCUT2D eigenvalue weighted by molar-refractivity contribution is 6.03. The Morgan fingerprint density at radius 1 is 1.24 bits per heavy atom. The number of hydrogen-bond donors (Lipinski definition) is 1. The Labute approximate surface area is 122 Å². The molecular formula is C17H14N2O2. The Morgan fingerprint density at radius 2 is 2.10 bits per heavy atom. The van der Waals surface area contributed by atoms with E-state index < -0.39 is 5.97 Å². The standard InChI is InChI=1S/C17H14N2O2/c1-2-11-5-6-15-13(8-11)14(17(20)21)9-16(19-15)12-4-3-7-18-10-12/h3-10H,2H2,1H3,(H,20,21). The monoisotopic (exact) mass is 278 g/mol. The molecule has 0 unspecified atom stereocenters. The average Bonchev–Trinajstić information content (AvgIpc) is 2.54. The molecule has 4 nitrogen and oxygen atoms in total. The number of carbonyl (C=O) groups is 1. The first-order valence-corrected chi connectivity index (χ1v) is 6.76. The van der Waals surface area contributed by atoms with Gasteiger partial charge >= 0.3 is 5.97 Å². The second-order valence-electron chi connectivity index (χ2n) is 4.81. The number of nitrogens with zero attached hydrogens (tertiary/aromatic N) is 2. The molecule has 21 heavy (non-hydrogen) atoms. The molecule has 0 radical (unpaired) electrons. The van der Waals surface area contributed by atoms with Crippen molar-refractivity contribution in [2.75, 3.05) is 0 Å². The molecule has 0 bridgehead atoms. The quantitative estimate of drug-likeness (QED) is 0.795. The molecule has 4 heteroatoms. The van der Waals surface area contributed by atoms with Crippen molar-refractivity contribution in [3.8, 4) is 11.3 Å². The Morgan fingerprint density at radius 3 is 2.76 bits per heavy atom. The first kappa shape index (κ1) is 13.2. The second-order valence-corrected chi connectivity index (χ2v) is 4.81. The molecule has 0 aliphatic rings. The molecule has 1 aromatic carbocycles. The van der Waals surface area contributed by atoms with Gasteiger partial charge in [-0.05, 0) is 42.3 Å². The summed E-state index contributed by atoms with van der Waals surface area (Å²) in [4.78, 5) is 20.2. The first-order chi connectivity index (χ1) is 10.2. The SMILES string of the molecule is CCc1ccc2nc(-c3cccnc3)cc(C(=O)O)c2c1. The summed E-state index contributed by atoms with van der Waals surface area (Å²) in [5.41, 5.74) is 3.49. The van der Waals surface area contributed by atoms with Gasteiger partial charge in [0.1, 0.15) is 0 Å². The molecule has 0 atom stereocenters. The van der Waals surface area contributed by atoms with Crippen LogP contribution in [0.3, 0.4) is 0 Å². The fourth-order valence-electron chi connectivity index (χ4n) is 2.33. The van der Waals surface area contributed by atoms with Crippen LogP contribution < -0.4 is 0 Å². The molecular weight excluding hydrogens is 264 g/mol. The average molecular weight is 278 g/mol. The number of pyridine rings is 2. The topological polar surface area (TPSA) is 63.1 Å². The molecule has 0 saturated carbocycles. The molecule has 0 aliphatic carbocycles. The summed E-state index contributed by atoms with van der Waals surface area (Å²) >= 11 is 0. The van der Waals surface area contributed by atoms with Gasteiger partial charge in [-0.15, -0.1) is 0 Å². The van der Waals surface area contributed by atoms with Gasteiger partial charge in [0, 0.05) is 23.3 Å². The number of aryl methyl sites for hydroxylation is 1. The van der Waals surface area contributed by atoms with E-state index in [4.69, 9.17) is 0 Å². The van der Waals surface area contributed by atoms with Gasteiger partial charge in [0.25, 0.3) is 0 Å². The third kappa shape index (κ3) is 2.48. The summed E-state index contributed by atoms with van der Waals surface area (Å²) in [6, 6.07) is 11.0. The minimum atomic E-state index is -0.944. The Bertz CT molecular complexity index is 814. The van der Waals surface area contributed by atoms with Gasteiger partial charge < -0.3 is 5.11 Å². The number of benzene rings is 1. The van der Waals surface area contributed by atoms with Gasteiger partial charge in [0.05, 0.1) is 16.8 Å². The molecule has 0 spiro atoms. The van der Waals surface area contributed by atoms with Gasteiger partial charge in [0.15, 0.2) is 0 Å². The van der Waals surface area contributed by atoms with E-state index in [2.05, 4.69) is 9.97 Å². The van der Waals surface area contributed by atoms with Crippen molar-refractivity contribution in [2.24, 2.45) is 0 Å². The summed E-state index contributed by atoms with van der Waals surface area (Å²) in [5, 5.41) is 10.1. The minimum Gasteiger partial charge on any atom is -0.478 e. The minimum absolute atomic E-state index is 0.272. The van der Waals surface area contributed by atoms with E-state index in [9.17, 15) is 9.90 Å². The molecule has 0 fully saturated rings. The van der Waals surface area contributed by atoms with Crippen LogP contribution in [-0.4, -0.2) is 21.0 Å². The zero-order valence-electron chi connectivity index (χ0n) is 11.6. The van der Waals surface area contributed by atoms with E-state index in [0.717, 1.165) is 17.5 Å². The number of aromatic nitrogens is 2. The number of carboxylic acid groups (broad SMARTS) is 1. The van der Waals surface area contributed by atoms with Crippen molar-refractivity contribution in [1.29, 1.82) is 0 Å². The highest BCUT2D eigenvalue weighted by Gasteiger charge is 2.13. The van der Waals surface area contributed by atoms with Gasteiger partial charge in [-0.1, -0.05) is 13.0 Å². The molecule has 3 rings (SSSR count). The van der Waals surface area contributed by atoms with Crippen molar-refractivity contribution in [2.45, 2.75) is 13.3 Å². The van der Waals surface area contributed by atoms with Crippen molar-refractivity contribution < 1.29 is 9.90 Å². The predicted molar refractivity (Wildman–Crippen MR) is 81.3 cm³/mol. The second kappa shape index (κ2) is 5.32. The lowest BCUT2D eigenvalue weighted by atomic mass is 10.0. The van der Waals surface area contributed by atoms with E-state index in [1.165, 1.54) is 0 Å². The van der Waals surface area contributed by atoms with Crippen LogP contribution in [0.4, 0.5) is 0 Å². The molecule has 104 valence electrons. The summed E-state index contributed by atoms with van der Waals surface area (Å²) in [5.74, 6) is -0.944. The van der Waals surface area contributed by atoms with Crippen LogP contribution in [0.2, 0.25) is 0 Å². The zero-order chi connectivity index (χ0) is 14.8. The van der Waals surface area contributed by atoms with Crippen LogP contribution in [0.1, 0.15) is 22.8 Å². The lowest BCUT2D eigenvalue weighted by Gasteiger charge is -2.08. The van der Waals surface area contributed by atoms with Crippen molar-refractivity contribution in [1.82, 2.24) is 9.97 Å². The Kier molecular flexibility index (Phi) is 3.36. The number of carboxylic acids is 1. The van der Waals surface area contributed by atoms with Crippen LogP contribution in [-0.2, 0) is 6.42 Å². The van der Waals surface area contributed by atoms with Crippen LogP contribution in [0.25, 0.3) is 22.2 Å². The van der Waals surface area contributed by atoms with Gasteiger partial charge in [-0.2, -0.15) is 0 Å². The highest BCUT2D eigenvalue weighted by Crippen LogP contribution is 2.25. The Hall–Kier alpha value is -2.75. The molecule has 1 N–H and O–H groups in total. The number of fused-ring (bicyclic) bond motifs is 1. The summed E-state index contributed by atoms with van der Waals surface area (Å²) < 4.78 is 0. The van der Waals surface area contributed by atoms with Crippen LogP contribution in [0, 0.1) is 0 Å². The predicted octanol–water partition coefficient (Wildman–Crippen LogP) is 3.56. The number of aromatic carboxylic acids is 1. The molecule has 2 aromatic heterocycles. The number of hydrogen-bond acceptors (Lipinski definition) is 3. The highest BCUT2D eigenvalue weighted by atomic mass is 16.4. The Balaban J connectivity index is 2.29. The molecule has 0 saturated heterocycles. The fourth-order valence-corrected chi connectivity index (χ4v) is 2.33.